The molecular formula is C16H31N3. The first-order valence-electron chi connectivity index (χ1n) is 8.50. The molecule has 3 fully saturated rings. The number of hydrogen-bond acceptors (Lipinski definition) is 3. The van der Waals surface area contributed by atoms with Gasteiger partial charge in [0.15, 0.2) is 0 Å². The highest BCUT2D eigenvalue weighted by Crippen LogP contribution is 2.29. The monoisotopic (exact) mass is 265 g/mol. The lowest BCUT2D eigenvalue weighted by molar-refractivity contribution is 0.207. The van der Waals surface area contributed by atoms with Gasteiger partial charge in [-0.15, -0.1) is 0 Å². The summed E-state index contributed by atoms with van der Waals surface area (Å²) < 4.78 is 0. The number of hydrogen-bond donors (Lipinski definition) is 1. The molecule has 2 saturated heterocycles. The van der Waals surface area contributed by atoms with Crippen LogP contribution in [0, 0.1) is 5.92 Å². The predicted molar refractivity (Wildman–Crippen MR) is 80.5 cm³/mol. The Morgan fingerprint density at radius 2 is 1.89 bits per heavy atom. The van der Waals surface area contributed by atoms with Gasteiger partial charge in [-0.2, -0.15) is 0 Å². The van der Waals surface area contributed by atoms with Gasteiger partial charge in [-0.1, -0.05) is 6.42 Å². The van der Waals surface area contributed by atoms with Crippen LogP contribution in [0.15, 0.2) is 0 Å². The third-order valence-electron chi connectivity index (χ3n) is 5.73. The molecule has 0 aromatic carbocycles. The fraction of sp³-hybridized carbons (Fsp3) is 1.00. The second-order valence-electron chi connectivity index (χ2n) is 6.86. The van der Waals surface area contributed by atoms with Crippen molar-refractivity contribution in [1.82, 2.24) is 15.1 Å². The fourth-order valence-electron chi connectivity index (χ4n) is 4.60. The van der Waals surface area contributed by atoms with Crippen molar-refractivity contribution < 1.29 is 0 Å². The second kappa shape index (κ2) is 6.55. The van der Waals surface area contributed by atoms with Crippen LogP contribution in [0.1, 0.15) is 44.9 Å². The number of nitrogens with one attached hydrogen (secondary N) is 1. The van der Waals surface area contributed by atoms with E-state index in [0.717, 1.165) is 18.0 Å². The van der Waals surface area contributed by atoms with Crippen LogP contribution < -0.4 is 5.32 Å². The van der Waals surface area contributed by atoms with E-state index < -0.39 is 0 Å². The molecule has 2 heterocycles. The van der Waals surface area contributed by atoms with E-state index in [0.29, 0.717) is 0 Å². The van der Waals surface area contributed by atoms with Crippen molar-refractivity contribution in [2.45, 2.75) is 57.0 Å². The first-order valence-corrected chi connectivity index (χ1v) is 8.50. The van der Waals surface area contributed by atoms with Gasteiger partial charge in [-0.05, 0) is 77.7 Å². The van der Waals surface area contributed by atoms with E-state index in [1.165, 1.54) is 77.7 Å². The quantitative estimate of drug-likeness (QED) is 0.838. The Bertz CT molecular complexity index is 281. The minimum absolute atomic E-state index is 0.801. The Labute approximate surface area is 118 Å². The molecule has 1 saturated carbocycles. The van der Waals surface area contributed by atoms with Crippen molar-refractivity contribution in [2.24, 2.45) is 5.92 Å². The summed E-state index contributed by atoms with van der Waals surface area (Å²) in [6.45, 7) is 6.74. The second-order valence-corrected chi connectivity index (χ2v) is 6.86. The zero-order valence-corrected chi connectivity index (χ0v) is 12.6. The molecule has 3 aliphatic rings. The first-order chi connectivity index (χ1) is 9.36. The summed E-state index contributed by atoms with van der Waals surface area (Å²) in [6, 6.07) is 1.68. The van der Waals surface area contributed by atoms with Crippen molar-refractivity contribution in [1.29, 1.82) is 0 Å². The van der Waals surface area contributed by atoms with E-state index in [9.17, 15) is 0 Å². The lowest BCUT2D eigenvalue weighted by Crippen LogP contribution is -2.38. The number of fused-ring (bicyclic) bond motifs is 1. The summed E-state index contributed by atoms with van der Waals surface area (Å²) in [5.74, 6) is 0.938. The largest absolute Gasteiger partial charge is 0.317 e. The van der Waals surface area contributed by atoms with Crippen LogP contribution in [-0.4, -0.2) is 61.7 Å². The van der Waals surface area contributed by atoms with E-state index in [1.807, 2.05) is 0 Å². The summed E-state index contributed by atoms with van der Waals surface area (Å²) in [7, 11) is 2.14. The molecule has 0 radical (unpaired) electrons. The van der Waals surface area contributed by atoms with Crippen LogP contribution in [0.3, 0.4) is 0 Å². The smallest absolute Gasteiger partial charge is 0.0223 e. The molecule has 3 nitrogen and oxygen atoms in total. The molecule has 3 atom stereocenters. The molecule has 19 heavy (non-hydrogen) atoms. The average molecular weight is 265 g/mol. The fourth-order valence-corrected chi connectivity index (χ4v) is 4.60. The Kier molecular flexibility index (Phi) is 4.78. The minimum atomic E-state index is 0.801. The molecule has 2 aliphatic heterocycles. The molecule has 3 rings (SSSR count). The maximum Gasteiger partial charge on any atom is 0.0223 e. The molecule has 0 spiro atoms. The van der Waals surface area contributed by atoms with Gasteiger partial charge in [-0.25, -0.2) is 0 Å². The average Bonchev–Trinajstić information content (AvgIpc) is 3.01. The third kappa shape index (κ3) is 3.32. The van der Waals surface area contributed by atoms with Crippen molar-refractivity contribution >= 4 is 0 Å². The van der Waals surface area contributed by atoms with E-state index in [2.05, 4.69) is 22.2 Å². The van der Waals surface area contributed by atoms with E-state index in [1.54, 1.807) is 0 Å². The van der Waals surface area contributed by atoms with Crippen LogP contribution in [0.2, 0.25) is 0 Å². The van der Waals surface area contributed by atoms with Gasteiger partial charge in [0.1, 0.15) is 0 Å². The van der Waals surface area contributed by atoms with Gasteiger partial charge in [0, 0.05) is 18.6 Å². The van der Waals surface area contributed by atoms with Crippen LogP contribution >= 0.6 is 0 Å². The van der Waals surface area contributed by atoms with Crippen LogP contribution in [0.25, 0.3) is 0 Å². The summed E-state index contributed by atoms with van der Waals surface area (Å²) in [5.41, 5.74) is 0. The predicted octanol–water partition coefficient (Wildman–Crippen LogP) is 1.93. The lowest BCUT2D eigenvalue weighted by Gasteiger charge is -2.27. The molecule has 0 bridgehead atoms. The Morgan fingerprint density at radius 1 is 1.00 bits per heavy atom. The lowest BCUT2D eigenvalue weighted by atomic mass is 9.99. The summed E-state index contributed by atoms with van der Waals surface area (Å²) in [4.78, 5) is 5.51. The summed E-state index contributed by atoms with van der Waals surface area (Å²) in [5, 5.41) is 3.52. The topological polar surface area (TPSA) is 18.5 Å². The highest BCUT2D eigenvalue weighted by atomic mass is 15.3. The van der Waals surface area contributed by atoms with Gasteiger partial charge in [0.05, 0.1) is 0 Å². The van der Waals surface area contributed by atoms with Gasteiger partial charge in [0.25, 0.3) is 0 Å². The highest BCUT2D eigenvalue weighted by Gasteiger charge is 2.30. The van der Waals surface area contributed by atoms with Gasteiger partial charge in [-0.3, -0.25) is 4.90 Å². The molecule has 3 heteroatoms. The maximum atomic E-state index is 3.52. The zero-order chi connectivity index (χ0) is 13.1. The first kappa shape index (κ1) is 13.8. The number of nitrogens with zero attached hydrogens (tertiary/aromatic N) is 2. The molecule has 0 amide bonds. The molecule has 0 aromatic rings. The van der Waals surface area contributed by atoms with Crippen LogP contribution in [-0.2, 0) is 0 Å². The maximum absolute atomic E-state index is 3.52. The van der Waals surface area contributed by atoms with E-state index in [4.69, 9.17) is 0 Å². The molecule has 3 unspecified atom stereocenters. The normalized spacial score (nSPS) is 37.4. The third-order valence-corrected chi connectivity index (χ3v) is 5.73. The molecule has 1 N–H and O–H groups in total. The Morgan fingerprint density at radius 3 is 2.79 bits per heavy atom. The van der Waals surface area contributed by atoms with Crippen LogP contribution in [0.5, 0.6) is 0 Å². The molecule has 1 aliphatic carbocycles. The van der Waals surface area contributed by atoms with Crippen LogP contribution in [0.4, 0.5) is 0 Å². The zero-order valence-electron chi connectivity index (χ0n) is 12.6. The molecular weight excluding hydrogens is 234 g/mol. The van der Waals surface area contributed by atoms with Crippen molar-refractivity contribution in [3.05, 3.63) is 0 Å². The Hall–Kier alpha value is -0.120. The van der Waals surface area contributed by atoms with Crippen molar-refractivity contribution in [3.63, 3.8) is 0 Å². The summed E-state index contributed by atoms with van der Waals surface area (Å²) >= 11 is 0. The SMILES string of the molecule is CNC1CCCC1CCN1CCCN2CCCC2C1. The van der Waals surface area contributed by atoms with Crippen molar-refractivity contribution in [3.8, 4) is 0 Å². The van der Waals surface area contributed by atoms with E-state index >= 15 is 0 Å². The summed E-state index contributed by atoms with van der Waals surface area (Å²) in [6.07, 6.45) is 9.97. The van der Waals surface area contributed by atoms with Gasteiger partial charge < -0.3 is 10.2 Å². The minimum Gasteiger partial charge on any atom is -0.317 e. The van der Waals surface area contributed by atoms with Gasteiger partial charge in [0.2, 0.25) is 0 Å². The van der Waals surface area contributed by atoms with Gasteiger partial charge >= 0.3 is 0 Å². The van der Waals surface area contributed by atoms with Crippen molar-refractivity contribution in [2.75, 3.05) is 39.8 Å². The standard InChI is InChI=1S/C16H31N3/c1-17-16-7-2-5-14(16)8-12-18-9-4-11-19-10-3-6-15(19)13-18/h14-17H,2-13H2,1H3. The highest BCUT2D eigenvalue weighted by molar-refractivity contribution is 4.87. The van der Waals surface area contributed by atoms with E-state index in [-0.39, 0.29) is 0 Å². The Balaban J connectivity index is 1.46. The molecule has 110 valence electrons. The molecule has 0 aromatic heterocycles. The number of rotatable bonds is 4.